The van der Waals surface area contributed by atoms with Crippen molar-refractivity contribution in [3.63, 3.8) is 0 Å². The van der Waals surface area contributed by atoms with Crippen molar-refractivity contribution < 1.29 is 0 Å². The maximum Gasteiger partial charge on any atom is 0.158 e. The predicted octanol–water partition coefficient (Wildman–Crippen LogP) is 0.967. The summed E-state index contributed by atoms with van der Waals surface area (Å²) in [5.74, 6) is 0.877. The standard InChI is InChI=1S/C7H7N3/c1-6-2-3-9-10-5-4-8-7(6)10/h2-5,9H,1H2. The van der Waals surface area contributed by atoms with E-state index in [0.29, 0.717) is 0 Å². The molecule has 0 aliphatic carbocycles. The molecule has 1 N–H and O–H groups in total. The molecule has 1 aromatic heterocycles. The first-order valence-corrected chi connectivity index (χ1v) is 3.03. The monoisotopic (exact) mass is 133 g/mol. The first-order valence-electron chi connectivity index (χ1n) is 3.03. The van der Waals surface area contributed by atoms with Crippen LogP contribution in [-0.4, -0.2) is 9.66 Å². The second-order valence-corrected chi connectivity index (χ2v) is 2.11. The lowest BCUT2D eigenvalue weighted by atomic mass is 10.3. The molecule has 0 saturated heterocycles. The number of fused-ring (bicyclic) bond motifs is 1. The third kappa shape index (κ3) is 0.572. The van der Waals surface area contributed by atoms with Crippen molar-refractivity contribution in [1.29, 1.82) is 0 Å². The molecule has 1 aliphatic heterocycles. The summed E-state index contributed by atoms with van der Waals surface area (Å²) in [7, 11) is 0. The van der Waals surface area contributed by atoms with E-state index in [9.17, 15) is 0 Å². The second kappa shape index (κ2) is 1.73. The zero-order chi connectivity index (χ0) is 6.97. The number of aromatic nitrogens is 2. The van der Waals surface area contributed by atoms with Crippen LogP contribution in [0.2, 0.25) is 0 Å². The Hall–Kier alpha value is -1.51. The normalized spacial score (nSPS) is 14.6. The van der Waals surface area contributed by atoms with E-state index in [2.05, 4.69) is 17.0 Å². The number of nitrogens with zero attached hydrogens (tertiary/aromatic N) is 2. The van der Waals surface area contributed by atoms with Gasteiger partial charge in [-0.1, -0.05) is 6.58 Å². The van der Waals surface area contributed by atoms with Crippen molar-refractivity contribution in [2.75, 3.05) is 5.43 Å². The van der Waals surface area contributed by atoms with Crippen LogP contribution in [0, 0.1) is 0 Å². The summed E-state index contributed by atoms with van der Waals surface area (Å²) in [4.78, 5) is 4.09. The van der Waals surface area contributed by atoms with E-state index in [1.807, 2.05) is 23.1 Å². The minimum Gasteiger partial charge on any atom is -0.300 e. The zero-order valence-corrected chi connectivity index (χ0v) is 5.41. The van der Waals surface area contributed by atoms with Crippen molar-refractivity contribution in [2.45, 2.75) is 0 Å². The Bertz CT molecular complexity index is 296. The molecule has 0 spiro atoms. The van der Waals surface area contributed by atoms with E-state index in [-0.39, 0.29) is 0 Å². The summed E-state index contributed by atoms with van der Waals surface area (Å²) in [6.45, 7) is 3.82. The molecule has 0 bridgehead atoms. The Morgan fingerprint density at radius 3 is 3.30 bits per heavy atom. The quantitative estimate of drug-likeness (QED) is 0.571. The minimum atomic E-state index is 0.877. The van der Waals surface area contributed by atoms with Crippen LogP contribution in [0.5, 0.6) is 0 Å². The van der Waals surface area contributed by atoms with Gasteiger partial charge in [0.25, 0.3) is 0 Å². The summed E-state index contributed by atoms with van der Waals surface area (Å²) in [5.41, 5.74) is 3.92. The Labute approximate surface area is 58.7 Å². The van der Waals surface area contributed by atoms with Crippen molar-refractivity contribution in [1.82, 2.24) is 9.66 Å². The molecule has 1 aliphatic rings. The molecule has 2 heterocycles. The lowest BCUT2D eigenvalue weighted by Gasteiger charge is -2.10. The van der Waals surface area contributed by atoms with Crippen LogP contribution in [-0.2, 0) is 0 Å². The number of nitrogens with one attached hydrogen (secondary N) is 1. The fraction of sp³-hybridized carbons (Fsp3) is 0. The summed E-state index contributed by atoms with van der Waals surface area (Å²) >= 11 is 0. The van der Waals surface area contributed by atoms with Gasteiger partial charge in [0.1, 0.15) is 0 Å². The van der Waals surface area contributed by atoms with Gasteiger partial charge < -0.3 is 5.43 Å². The average molecular weight is 133 g/mol. The van der Waals surface area contributed by atoms with Gasteiger partial charge in [0.15, 0.2) is 5.82 Å². The number of allylic oxidation sites excluding steroid dienone is 2. The van der Waals surface area contributed by atoms with E-state index < -0.39 is 0 Å². The van der Waals surface area contributed by atoms with Crippen LogP contribution in [0.25, 0.3) is 5.57 Å². The van der Waals surface area contributed by atoms with Gasteiger partial charge >= 0.3 is 0 Å². The number of hydrogen-bond acceptors (Lipinski definition) is 2. The highest BCUT2D eigenvalue weighted by atomic mass is 15.4. The molecule has 0 amide bonds. The van der Waals surface area contributed by atoms with Gasteiger partial charge in [0, 0.05) is 24.2 Å². The number of imidazole rings is 1. The van der Waals surface area contributed by atoms with Gasteiger partial charge in [0.2, 0.25) is 0 Å². The van der Waals surface area contributed by atoms with Crippen LogP contribution < -0.4 is 5.43 Å². The summed E-state index contributed by atoms with van der Waals surface area (Å²) in [6, 6.07) is 0. The highest BCUT2D eigenvalue weighted by Gasteiger charge is 2.05. The van der Waals surface area contributed by atoms with Crippen LogP contribution >= 0.6 is 0 Å². The molecule has 1 aromatic rings. The molecule has 2 rings (SSSR count). The highest BCUT2D eigenvalue weighted by molar-refractivity contribution is 5.69. The predicted molar refractivity (Wildman–Crippen MR) is 39.8 cm³/mol. The van der Waals surface area contributed by atoms with Crippen molar-refractivity contribution in [3.05, 3.63) is 37.1 Å². The first kappa shape index (κ1) is 5.29. The first-order chi connectivity index (χ1) is 4.88. The molecule has 0 unspecified atom stereocenters. The van der Waals surface area contributed by atoms with Crippen LogP contribution in [0.1, 0.15) is 5.82 Å². The summed E-state index contributed by atoms with van der Waals surface area (Å²) < 4.78 is 1.82. The molecule has 0 atom stereocenters. The van der Waals surface area contributed by atoms with E-state index in [4.69, 9.17) is 0 Å². The van der Waals surface area contributed by atoms with Gasteiger partial charge in [0.05, 0.1) is 0 Å². The van der Waals surface area contributed by atoms with Gasteiger partial charge in [-0.3, -0.25) is 0 Å². The Balaban J connectivity index is 2.58. The van der Waals surface area contributed by atoms with E-state index in [0.717, 1.165) is 11.4 Å². The Morgan fingerprint density at radius 2 is 2.50 bits per heavy atom. The van der Waals surface area contributed by atoms with Crippen molar-refractivity contribution in [3.8, 4) is 0 Å². The fourth-order valence-electron chi connectivity index (χ4n) is 0.938. The molecule has 0 radical (unpaired) electrons. The van der Waals surface area contributed by atoms with Crippen LogP contribution in [0.15, 0.2) is 31.2 Å². The molecule has 50 valence electrons. The topological polar surface area (TPSA) is 29.9 Å². The van der Waals surface area contributed by atoms with Crippen molar-refractivity contribution in [2.24, 2.45) is 0 Å². The molecular weight excluding hydrogens is 126 g/mol. The molecule has 10 heavy (non-hydrogen) atoms. The molecule has 0 saturated carbocycles. The van der Waals surface area contributed by atoms with Gasteiger partial charge in [-0.15, -0.1) is 0 Å². The Morgan fingerprint density at radius 1 is 1.60 bits per heavy atom. The zero-order valence-electron chi connectivity index (χ0n) is 5.41. The van der Waals surface area contributed by atoms with Gasteiger partial charge in [-0.2, -0.15) is 0 Å². The number of hydrogen-bond donors (Lipinski definition) is 1. The van der Waals surface area contributed by atoms with E-state index >= 15 is 0 Å². The minimum absolute atomic E-state index is 0.877. The smallest absolute Gasteiger partial charge is 0.158 e. The highest BCUT2D eigenvalue weighted by Crippen LogP contribution is 2.12. The maximum atomic E-state index is 4.09. The SMILES string of the molecule is C=C1C=CNn2ccnc21. The van der Waals surface area contributed by atoms with Crippen LogP contribution in [0.3, 0.4) is 0 Å². The Kier molecular flexibility index (Phi) is 0.917. The second-order valence-electron chi connectivity index (χ2n) is 2.11. The van der Waals surface area contributed by atoms with Gasteiger partial charge in [-0.05, 0) is 6.08 Å². The molecule has 0 aromatic carbocycles. The molecule has 0 fully saturated rings. The summed E-state index contributed by atoms with van der Waals surface area (Å²) in [6.07, 6.45) is 7.31. The van der Waals surface area contributed by atoms with E-state index in [1.165, 1.54) is 0 Å². The molecule has 3 heteroatoms. The average Bonchev–Trinajstić information content (AvgIpc) is 2.36. The van der Waals surface area contributed by atoms with E-state index in [1.54, 1.807) is 6.20 Å². The number of rotatable bonds is 0. The lowest BCUT2D eigenvalue weighted by molar-refractivity contribution is 0.916. The third-order valence-electron chi connectivity index (χ3n) is 1.43. The lowest BCUT2D eigenvalue weighted by Crippen LogP contribution is -2.13. The molecule has 3 nitrogen and oxygen atoms in total. The van der Waals surface area contributed by atoms with Crippen LogP contribution in [0.4, 0.5) is 0 Å². The maximum absolute atomic E-state index is 4.09. The molecular formula is C7H7N3. The van der Waals surface area contributed by atoms with Gasteiger partial charge in [-0.25, -0.2) is 9.66 Å². The largest absolute Gasteiger partial charge is 0.300 e. The third-order valence-corrected chi connectivity index (χ3v) is 1.43. The fourth-order valence-corrected chi connectivity index (χ4v) is 0.938. The van der Waals surface area contributed by atoms with Crippen molar-refractivity contribution >= 4 is 5.57 Å². The summed E-state index contributed by atoms with van der Waals surface area (Å²) in [5, 5.41) is 0.